The molecule has 2 rings (SSSR count). The number of methoxy groups -OCH3 is 1. The Morgan fingerprint density at radius 3 is 3.00 bits per heavy atom. The quantitative estimate of drug-likeness (QED) is 0.721. The minimum absolute atomic E-state index is 0.0345. The lowest BCUT2D eigenvalue weighted by molar-refractivity contribution is -0.121. The van der Waals surface area contributed by atoms with Gasteiger partial charge in [-0.1, -0.05) is 0 Å². The van der Waals surface area contributed by atoms with Crippen molar-refractivity contribution >= 4 is 16.9 Å². The van der Waals surface area contributed by atoms with E-state index in [0.717, 1.165) is 0 Å². The summed E-state index contributed by atoms with van der Waals surface area (Å²) in [7, 11) is 1.55. The third-order valence-corrected chi connectivity index (χ3v) is 2.93. The Balaban J connectivity index is 2.35. The molecule has 0 unspecified atom stereocenters. The molecular formula is C14H18N4O4. The van der Waals surface area contributed by atoms with E-state index in [-0.39, 0.29) is 18.3 Å². The van der Waals surface area contributed by atoms with Gasteiger partial charge in [-0.25, -0.2) is 4.98 Å². The lowest BCUT2D eigenvalue weighted by Crippen LogP contribution is -2.34. The lowest BCUT2D eigenvalue weighted by Gasteiger charge is -2.12. The molecule has 8 heteroatoms. The maximum absolute atomic E-state index is 12.4. The highest BCUT2D eigenvalue weighted by Crippen LogP contribution is 2.11. The third kappa shape index (κ3) is 3.59. The van der Waals surface area contributed by atoms with Gasteiger partial charge in [-0.15, -0.1) is 0 Å². The van der Waals surface area contributed by atoms with E-state index < -0.39 is 5.56 Å². The van der Waals surface area contributed by atoms with Gasteiger partial charge in [0.25, 0.3) is 5.88 Å². The molecule has 118 valence electrons. The summed E-state index contributed by atoms with van der Waals surface area (Å²) in [4.78, 5) is 32.5. The van der Waals surface area contributed by atoms with Crippen LogP contribution in [0.5, 0.6) is 5.88 Å². The van der Waals surface area contributed by atoms with Crippen molar-refractivity contribution in [2.75, 3.05) is 26.9 Å². The Morgan fingerprint density at radius 2 is 2.27 bits per heavy atom. The summed E-state index contributed by atoms with van der Waals surface area (Å²) in [5, 5.41) is 2.67. The zero-order chi connectivity index (χ0) is 15.9. The lowest BCUT2D eigenvalue weighted by atomic mass is 10.3. The van der Waals surface area contributed by atoms with Crippen molar-refractivity contribution in [1.82, 2.24) is 19.9 Å². The van der Waals surface area contributed by atoms with Crippen LogP contribution in [0.25, 0.3) is 11.0 Å². The number of rotatable bonds is 7. The Bertz CT molecular complexity index is 714. The third-order valence-electron chi connectivity index (χ3n) is 2.93. The van der Waals surface area contributed by atoms with Crippen molar-refractivity contribution in [3.63, 3.8) is 0 Å². The zero-order valence-corrected chi connectivity index (χ0v) is 12.5. The molecule has 1 amide bonds. The first-order valence-electron chi connectivity index (χ1n) is 6.90. The Morgan fingerprint density at radius 1 is 1.45 bits per heavy atom. The molecule has 0 spiro atoms. The normalized spacial score (nSPS) is 10.6. The van der Waals surface area contributed by atoms with E-state index >= 15 is 0 Å². The monoisotopic (exact) mass is 306 g/mol. The number of pyridine rings is 1. The standard InChI is InChI=1S/C14H18N4O4/c1-3-22-13-14(20)18(9-12(19)16-6-7-21-2)11-4-5-15-8-10(11)17-13/h4-5,8H,3,6-7,9H2,1-2H3,(H,16,19). The predicted molar refractivity (Wildman–Crippen MR) is 79.9 cm³/mol. The van der Waals surface area contributed by atoms with E-state index in [1.165, 1.54) is 10.8 Å². The number of hydrogen-bond donors (Lipinski definition) is 1. The van der Waals surface area contributed by atoms with Gasteiger partial charge in [0, 0.05) is 19.9 Å². The highest BCUT2D eigenvalue weighted by molar-refractivity contribution is 5.79. The average Bonchev–Trinajstić information content (AvgIpc) is 2.52. The van der Waals surface area contributed by atoms with Crippen LogP contribution < -0.4 is 15.6 Å². The number of carbonyl (C=O) groups is 1. The Hall–Kier alpha value is -2.48. The molecule has 0 fully saturated rings. The maximum atomic E-state index is 12.4. The minimum Gasteiger partial charge on any atom is -0.474 e. The molecule has 0 bridgehead atoms. The number of fused-ring (bicyclic) bond motifs is 1. The van der Waals surface area contributed by atoms with E-state index in [1.807, 2.05) is 0 Å². The fourth-order valence-electron chi connectivity index (χ4n) is 1.95. The molecule has 2 aromatic rings. The molecule has 0 aliphatic carbocycles. The molecule has 2 aromatic heterocycles. The second kappa shape index (κ2) is 7.51. The van der Waals surface area contributed by atoms with E-state index in [4.69, 9.17) is 9.47 Å². The molecule has 8 nitrogen and oxygen atoms in total. The summed E-state index contributed by atoms with van der Waals surface area (Å²) in [6.07, 6.45) is 3.07. The van der Waals surface area contributed by atoms with Gasteiger partial charge in [0.05, 0.1) is 24.9 Å². The fraction of sp³-hybridized carbons (Fsp3) is 0.429. The van der Waals surface area contributed by atoms with Crippen LogP contribution in [0.1, 0.15) is 6.92 Å². The summed E-state index contributed by atoms with van der Waals surface area (Å²) >= 11 is 0. The van der Waals surface area contributed by atoms with Crippen molar-refractivity contribution < 1.29 is 14.3 Å². The van der Waals surface area contributed by atoms with Gasteiger partial charge in [-0.3, -0.25) is 19.1 Å². The van der Waals surface area contributed by atoms with Crippen molar-refractivity contribution in [2.24, 2.45) is 0 Å². The van der Waals surface area contributed by atoms with Gasteiger partial charge in [-0.05, 0) is 13.0 Å². The zero-order valence-electron chi connectivity index (χ0n) is 12.5. The minimum atomic E-state index is -0.442. The van der Waals surface area contributed by atoms with Crippen LogP contribution in [-0.4, -0.2) is 47.3 Å². The SMILES string of the molecule is CCOc1nc2cnccc2n(CC(=O)NCCOC)c1=O. The molecule has 22 heavy (non-hydrogen) atoms. The van der Waals surface area contributed by atoms with Gasteiger partial charge in [0.2, 0.25) is 5.91 Å². The van der Waals surface area contributed by atoms with Crippen LogP contribution in [0.2, 0.25) is 0 Å². The molecule has 0 aromatic carbocycles. The van der Waals surface area contributed by atoms with Crippen LogP contribution in [0.4, 0.5) is 0 Å². The Labute approximate surface area is 127 Å². The summed E-state index contributed by atoms with van der Waals surface area (Å²) in [6, 6.07) is 1.64. The van der Waals surface area contributed by atoms with E-state index in [0.29, 0.717) is 30.8 Å². The fourth-order valence-corrected chi connectivity index (χ4v) is 1.95. The first-order chi connectivity index (χ1) is 10.7. The smallest absolute Gasteiger partial charge is 0.314 e. The number of nitrogens with one attached hydrogen (secondary N) is 1. The molecular weight excluding hydrogens is 288 g/mol. The highest BCUT2D eigenvalue weighted by Gasteiger charge is 2.14. The number of amides is 1. The highest BCUT2D eigenvalue weighted by atomic mass is 16.5. The summed E-state index contributed by atoms with van der Waals surface area (Å²) in [5.41, 5.74) is 0.586. The molecule has 2 heterocycles. The van der Waals surface area contributed by atoms with Crippen LogP contribution in [0.15, 0.2) is 23.3 Å². The van der Waals surface area contributed by atoms with Crippen LogP contribution in [0, 0.1) is 0 Å². The topological polar surface area (TPSA) is 95.3 Å². The van der Waals surface area contributed by atoms with Crippen molar-refractivity contribution in [3.05, 3.63) is 28.8 Å². The van der Waals surface area contributed by atoms with Crippen molar-refractivity contribution in [3.8, 4) is 5.88 Å². The van der Waals surface area contributed by atoms with E-state index in [1.54, 1.807) is 26.3 Å². The van der Waals surface area contributed by atoms with Crippen molar-refractivity contribution in [2.45, 2.75) is 13.5 Å². The molecule has 0 atom stereocenters. The van der Waals surface area contributed by atoms with Crippen LogP contribution in [0.3, 0.4) is 0 Å². The van der Waals surface area contributed by atoms with Gasteiger partial charge in [0.1, 0.15) is 12.1 Å². The van der Waals surface area contributed by atoms with Gasteiger partial charge >= 0.3 is 5.56 Å². The van der Waals surface area contributed by atoms with Gasteiger partial charge in [-0.2, -0.15) is 0 Å². The first-order valence-corrected chi connectivity index (χ1v) is 6.90. The molecule has 0 radical (unpaired) electrons. The van der Waals surface area contributed by atoms with Gasteiger partial charge in [0.15, 0.2) is 0 Å². The van der Waals surface area contributed by atoms with Crippen LogP contribution in [-0.2, 0) is 16.1 Å². The first kappa shape index (κ1) is 15.9. The molecule has 0 aliphatic rings. The second-order valence-corrected chi connectivity index (χ2v) is 4.45. The van der Waals surface area contributed by atoms with Crippen LogP contribution >= 0.6 is 0 Å². The van der Waals surface area contributed by atoms with E-state index in [2.05, 4.69) is 15.3 Å². The van der Waals surface area contributed by atoms with Crippen molar-refractivity contribution in [1.29, 1.82) is 0 Å². The second-order valence-electron chi connectivity index (χ2n) is 4.45. The summed E-state index contributed by atoms with van der Waals surface area (Å²) < 4.78 is 11.4. The largest absolute Gasteiger partial charge is 0.474 e. The number of ether oxygens (including phenoxy) is 2. The molecule has 1 N–H and O–H groups in total. The van der Waals surface area contributed by atoms with E-state index in [9.17, 15) is 9.59 Å². The van der Waals surface area contributed by atoms with Gasteiger partial charge < -0.3 is 14.8 Å². The molecule has 0 saturated heterocycles. The molecule has 0 aliphatic heterocycles. The number of hydrogen-bond acceptors (Lipinski definition) is 6. The molecule has 0 saturated carbocycles. The maximum Gasteiger partial charge on any atom is 0.314 e. The number of nitrogens with zero attached hydrogens (tertiary/aromatic N) is 3. The summed E-state index contributed by atoms with van der Waals surface area (Å²) in [6.45, 7) is 2.74. The Kier molecular flexibility index (Phi) is 5.42. The summed E-state index contributed by atoms with van der Waals surface area (Å²) in [5.74, 6) is -0.321. The average molecular weight is 306 g/mol. The number of aromatic nitrogens is 3. The number of carbonyl (C=O) groups excluding carboxylic acids is 1. The predicted octanol–water partition coefficient (Wildman–Crippen LogP) is -0.0472.